The van der Waals surface area contributed by atoms with Crippen molar-refractivity contribution in [2.45, 2.75) is 33.7 Å². The first-order valence-electron chi connectivity index (χ1n) is 10.1. The molecule has 0 radical (unpaired) electrons. The fourth-order valence-electron chi connectivity index (χ4n) is 3.35. The summed E-state index contributed by atoms with van der Waals surface area (Å²) in [5.74, 6) is -0.420. The fraction of sp³-hybridized carbons (Fsp3) is 0.304. The summed E-state index contributed by atoms with van der Waals surface area (Å²) >= 11 is 0. The second kappa shape index (κ2) is 9.35. The lowest BCUT2D eigenvalue weighted by molar-refractivity contribution is -0.130. The molecule has 30 heavy (non-hydrogen) atoms. The van der Waals surface area contributed by atoms with Gasteiger partial charge in [0.05, 0.1) is 17.5 Å². The van der Waals surface area contributed by atoms with Crippen molar-refractivity contribution in [3.05, 3.63) is 70.1 Å². The number of carbonyl (C=O) groups excluding carboxylic acids is 2. The predicted octanol–water partition coefficient (Wildman–Crippen LogP) is 2.75. The SMILES string of the molecule is CCN(CC)C(=O)Cc1nn(CC(=O)Nc2ccc(C)cc2)c(=O)c2ccccc12. The molecule has 0 spiro atoms. The number of aromatic nitrogens is 2. The molecule has 7 heteroatoms. The molecule has 0 saturated carbocycles. The first-order valence-corrected chi connectivity index (χ1v) is 10.1. The lowest BCUT2D eigenvalue weighted by Crippen LogP contribution is -2.34. The van der Waals surface area contributed by atoms with Crippen molar-refractivity contribution in [3.8, 4) is 0 Å². The highest BCUT2D eigenvalue weighted by molar-refractivity contribution is 5.91. The first kappa shape index (κ1) is 21.2. The van der Waals surface area contributed by atoms with Crippen molar-refractivity contribution in [1.29, 1.82) is 0 Å². The molecule has 0 fully saturated rings. The summed E-state index contributed by atoms with van der Waals surface area (Å²) in [5, 5.41) is 8.24. The average Bonchev–Trinajstić information content (AvgIpc) is 2.74. The number of fused-ring (bicyclic) bond motifs is 1. The molecule has 2 aromatic carbocycles. The lowest BCUT2D eigenvalue weighted by Gasteiger charge is -2.19. The number of benzene rings is 2. The van der Waals surface area contributed by atoms with E-state index in [1.165, 1.54) is 0 Å². The molecule has 3 aromatic rings. The van der Waals surface area contributed by atoms with Crippen LogP contribution in [0.3, 0.4) is 0 Å². The highest BCUT2D eigenvalue weighted by Gasteiger charge is 2.17. The van der Waals surface area contributed by atoms with Crippen LogP contribution in [0.1, 0.15) is 25.1 Å². The van der Waals surface area contributed by atoms with Crippen LogP contribution in [0.5, 0.6) is 0 Å². The van der Waals surface area contributed by atoms with Crippen LogP contribution in [-0.4, -0.2) is 39.6 Å². The van der Waals surface area contributed by atoms with Gasteiger partial charge >= 0.3 is 0 Å². The molecular weight excluding hydrogens is 380 g/mol. The van der Waals surface area contributed by atoms with E-state index < -0.39 is 0 Å². The summed E-state index contributed by atoms with van der Waals surface area (Å²) in [6.07, 6.45) is 0.0715. The molecule has 0 bridgehead atoms. The van der Waals surface area contributed by atoms with Gasteiger partial charge in [0.1, 0.15) is 6.54 Å². The summed E-state index contributed by atoms with van der Waals surface area (Å²) < 4.78 is 1.14. The van der Waals surface area contributed by atoms with Crippen LogP contribution < -0.4 is 10.9 Å². The average molecular weight is 406 g/mol. The predicted molar refractivity (Wildman–Crippen MR) is 117 cm³/mol. The van der Waals surface area contributed by atoms with Crippen LogP contribution in [0.25, 0.3) is 10.8 Å². The summed E-state index contributed by atoms with van der Waals surface area (Å²) in [5.41, 5.74) is 1.87. The largest absolute Gasteiger partial charge is 0.343 e. The van der Waals surface area contributed by atoms with Crippen LogP contribution in [0, 0.1) is 6.92 Å². The molecule has 1 aromatic heterocycles. The molecule has 0 aliphatic heterocycles. The van der Waals surface area contributed by atoms with Gasteiger partial charge in [0.2, 0.25) is 11.8 Å². The number of anilines is 1. The van der Waals surface area contributed by atoms with Crippen molar-refractivity contribution in [1.82, 2.24) is 14.7 Å². The smallest absolute Gasteiger partial charge is 0.275 e. The van der Waals surface area contributed by atoms with Gasteiger partial charge in [-0.15, -0.1) is 0 Å². The van der Waals surface area contributed by atoms with Gasteiger partial charge in [0.25, 0.3) is 5.56 Å². The van der Waals surface area contributed by atoms with Gasteiger partial charge in [0.15, 0.2) is 0 Å². The summed E-state index contributed by atoms with van der Waals surface area (Å²) in [6, 6.07) is 14.4. The Kier molecular flexibility index (Phi) is 6.61. The maximum Gasteiger partial charge on any atom is 0.275 e. The third kappa shape index (κ3) is 4.74. The molecule has 0 saturated heterocycles. The van der Waals surface area contributed by atoms with E-state index in [1.54, 1.807) is 35.2 Å². The number of nitrogens with one attached hydrogen (secondary N) is 1. The number of hydrogen-bond acceptors (Lipinski definition) is 4. The number of rotatable bonds is 7. The quantitative estimate of drug-likeness (QED) is 0.654. The van der Waals surface area contributed by atoms with E-state index >= 15 is 0 Å². The van der Waals surface area contributed by atoms with Crippen LogP contribution in [-0.2, 0) is 22.6 Å². The first-order chi connectivity index (χ1) is 14.4. The minimum Gasteiger partial charge on any atom is -0.343 e. The number of nitrogens with zero attached hydrogens (tertiary/aromatic N) is 3. The molecule has 156 valence electrons. The van der Waals surface area contributed by atoms with E-state index in [-0.39, 0.29) is 30.3 Å². The Morgan fingerprint density at radius 1 is 1.00 bits per heavy atom. The van der Waals surface area contributed by atoms with Gasteiger partial charge in [-0.1, -0.05) is 35.9 Å². The Bertz CT molecular complexity index is 1120. The standard InChI is InChI=1S/C23H26N4O3/c1-4-26(5-2)22(29)14-20-18-8-6-7-9-19(18)23(30)27(25-20)15-21(28)24-17-12-10-16(3)11-13-17/h6-13H,4-5,14-15H2,1-3H3,(H,24,28). The maximum absolute atomic E-state index is 12.9. The summed E-state index contributed by atoms with van der Waals surface area (Å²) in [4.78, 5) is 39.7. The topological polar surface area (TPSA) is 84.3 Å². The number of aryl methyl sites for hydroxylation is 1. The minimum atomic E-state index is -0.358. The Labute approximate surface area is 175 Å². The van der Waals surface area contributed by atoms with Crippen molar-refractivity contribution < 1.29 is 9.59 Å². The highest BCUT2D eigenvalue weighted by Crippen LogP contribution is 2.15. The van der Waals surface area contributed by atoms with E-state index in [0.29, 0.717) is 35.2 Å². The van der Waals surface area contributed by atoms with Gasteiger partial charge in [-0.25, -0.2) is 4.68 Å². The zero-order valence-electron chi connectivity index (χ0n) is 17.5. The summed E-state index contributed by atoms with van der Waals surface area (Å²) in [6.45, 7) is 6.78. The van der Waals surface area contributed by atoms with Gasteiger partial charge in [-0.05, 0) is 39.0 Å². The minimum absolute atomic E-state index is 0.0630. The molecule has 3 rings (SSSR count). The third-order valence-corrected chi connectivity index (χ3v) is 5.01. The Morgan fingerprint density at radius 2 is 1.63 bits per heavy atom. The highest BCUT2D eigenvalue weighted by atomic mass is 16.2. The number of carbonyl (C=O) groups is 2. The zero-order valence-corrected chi connectivity index (χ0v) is 17.5. The number of amides is 2. The molecule has 0 aliphatic carbocycles. The van der Waals surface area contributed by atoms with E-state index in [9.17, 15) is 14.4 Å². The Hall–Kier alpha value is -3.48. The maximum atomic E-state index is 12.9. The van der Waals surface area contributed by atoms with E-state index in [2.05, 4.69) is 10.4 Å². The van der Waals surface area contributed by atoms with E-state index in [4.69, 9.17) is 0 Å². The molecule has 1 heterocycles. The Morgan fingerprint density at radius 3 is 2.27 bits per heavy atom. The van der Waals surface area contributed by atoms with Crippen LogP contribution in [0.2, 0.25) is 0 Å². The van der Waals surface area contributed by atoms with E-state index in [0.717, 1.165) is 10.2 Å². The second-order valence-corrected chi connectivity index (χ2v) is 7.11. The monoisotopic (exact) mass is 406 g/mol. The summed E-state index contributed by atoms with van der Waals surface area (Å²) in [7, 11) is 0. The zero-order chi connectivity index (χ0) is 21.7. The fourth-order valence-corrected chi connectivity index (χ4v) is 3.35. The van der Waals surface area contributed by atoms with Crippen molar-refractivity contribution in [2.75, 3.05) is 18.4 Å². The number of likely N-dealkylation sites (N-methyl/N-ethyl adjacent to an activating group) is 1. The van der Waals surface area contributed by atoms with Gasteiger partial charge < -0.3 is 10.2 Å². The normalized spacial score (nSPS) is 10.8. The van der Waals surface area contributed by atoms with Crippen molar-refractivity contribution in [2.24, 2.45) is 0 Å². The molecule has 0 atom stereocenters. The van der Waals surface area contributed by atoms with Crippen molar-refractivity contribution in [3.63, 3.8) is 0 Å². The third-order valence-electron chi connectivity index (χ3n) is 5.01. The molecule has 0 aliphatic rings. The van der Waals surface area contributed by atoms with Crippen molar-refractivity contribution >= 4 is 28.3 Å². The van der Waals surface area contributed by atoms with Crippen LogP contribution in [0.15, 0.2) is 53.3 Å². The van der Waals surface area contributed by atoms with E-state index in [1.807, 2.05) is 39.0 Å². The molecule has 0 unspecified atom stereocenters. The molecular formula is C23H26N4O3. The second-order valence-electron chi connectivity index (χ2n) is 7.11. The van der Waals surface area contributed by atoms with Crippen LogP contribution >= 0.6 is 0 Å². The molecule has 7 nitrogen and oxygen atoms in total. The van der Waals surface area contributed by atoms with Gasteiger partial charge in [-0.2, -0.15) is 5.10 Å². The van der Waals surface area contributed by atoms with Gasteiger partial charge in [-0.3, -0.25) is 14.4 Å². The molecule has 1 N–H and O–H groups in total. The molecule has 2 amide bonds. The lowest BCUT2D eigenvalue weighted by atomic mass is 10.1. The Balaban J connectivity index is 1.91. The number of hydrogen-bond donors (Lipinski definition) is 1. The van der Waals surface area contributed by atoms with Crippen LogP contribution in [0.4, 0.5) is 5.69 Å². The van der Waals surface area contributed by atoms with Gasteiger partial charge in [0, 0.05) is 24.2 Å².